The summed E-state index contributed by atoms with van der Waals surface area (Å²) in [5.41, 5.74) is 2.49. The lowest BCUT2D eigenvalue weighted by Gasteiger charge is -2.24. The zero-order chi connectivity index (χ0) is 23.2. The second-order valence-corrected chi connectivity index (χ2v) is 7.97. The summed E-state index contributed by atoms with van der Waals surface area (Å²) in [4.78, 5) is 2.09. The van der Waals surface area contributed by atoms with Crippen LogP contribution in [-0.4, -0.2) is 32.4 Å². The number of aryl methyl sites for hydroxylation is 1. The van der Waals surface area contributed by atoms with E-state index in [4.69, 9.17) is 14.3 Å². The molecule has 2 aromatic heterocycles. The van der Waals surface area contributed by atoms with Gasteiger partial charge < -0.3 is 14.3 Å². The smallest absolute Gasteiger partial charge is 0.222 e. The standard InChI is InChI=1S/C26H28FN3O3/c1-3-20(31)16-30(17-21-12-9-15-32-21)18-22-25(19-10-5-4-6-11-19)28-29(2)26(22)33-24-14-8-7-13-23(24)27/h4-15,20,31H,3,16-18H2,1-2H3/t20-/m1/s1. The number of rotatable bonds is 10. The molecule has 0 fully saturated rings. The number of aromatic nitrogens is 2. The minimum Gasteiger partial charge on any atom is -0.468 e. The fourth-order valence-electron chi connectivity index (χ4n) is 3.74. The Bertz CT molecular complexity index is 1160. The number of benzene rings is 2. The number of hydrogen-bond acceptors (Lipinski definition) is 5. The van der Waals surface area contributed by atoms with Crippen LogP contribution in [0.15, 0.2) is 77.4 Å². The maximum absolute atomic E-state index is 14.4. The van der Waals surface area contributed by atoms with Gasteiger partial charge in [-0.3, -0.25) is 4.90 Å². The van der Waals surface area contributed by atoms with E-state index >= 15 is 0 Å². The molecular weight excluding hydrogens is 421 g/mol. The van der Waals surface area contributed by atoms with Crippen molar-refractivity contribution in [3.05, 3.63) is 90.1 Å². The van der Waals surface area contributed by atoms with Crippen molar-refractivity contribution in [3.8, 4) is 22.9 Å². The molecule has 0 amide bonds. The number of aliphatic hydroxyl groups is 1. The molecule has 7 heteroatoms. The molecular formula is C26H28FN3O3. The van der Waals surface area contributed by atoms with Crippen LogP contribution in [0.1, 0.15) is 24.7 Å². The van der Waals surface area contributed by atoms with E-state index in [-0.39, 0.29) is 5.75 Å². The lowest BCUT2D eigenvalue weighted by Crippen LogP contribution is -2.31. The number of ether oxygens (including phenoxy) is 1. The van der Waals surface area contributed by atoms with Gasteiger partial charge in [-0.15, -0.1) is 0 Å². The van der Waals surface area contributed by atoms with Crippen LogP contribution in [0.2, 0.25) is 0 Å². The Morgan fingerprint density at radius 3 is 2.52 bits per heavy atom. The van der Waals surface area contributed by atoms with Crippen molar-refractivity contribution in [1.29, 1.82) is 0 Å². The maximum Gasteiger partial charge on any atom is 0.222 e. The lowest BCUT2D eigenvalue weighted by atomic mass is 10.1. The van der Waals surface area contributed by atoms with Crippen LogP contribution in [0.25, 0.3) is 11.3 Å². The summed E-state index contributed by atoms with van der Waals surface area (Å²) in [6, 6.07) is 19.9. The number of para-hydroxylation sites is 1. The first-order chi connectivity index (χ1) is 16.0. The first kappa shape index (κ1) is 22.8. The van der Waals surface area contributed by atoms with E-state index in [0.717, 1.165) is 22.6 Å². The van der Waals surface area contributed by atoms with Gasteiger partial charge in [0.15, 0.2) is 11.6 Å². The molecule has 0 saturated heterocycles. The molecule has 0 bridgehead atoms. The molecule has 0 aliphatic heterocycles. The Hall–Kier alpha value is -3.42. The summed E-state index contributed by atoms with van der Waals surface area (Å²) in [5, 5.41) is 15.1. The number of halogens is 1. The van der Waals surface area contributed by atoms with Crippen molar-refractivity contribution in [3.63, 3.8) is 0 Å². The second kappa shape index (κ2) is 10.5. The van der Waals surface area contributed by atoms with Gasteiger partial charge in [0.05, 0.1) is 24.5 Å². The highest BCUT2D eigenvalue weighted by molar-refractivity contribution is 5.65. The quantitative estimate of drug-likeness (QED) is 0.352. The molecule has 0 spiro atoms. The Balaban J connectivity index is 1.75. The lowest BCUT2D eigenvalue weighted by molar-refractivity contribution is 0.0970. The molecule has 6 nitrogen and oxygen atoms in total. The van der Waals surface area contributed by atoms with Crippen molar-refractivity contribution >= 4 is 0 Å². The fourth-order valence-corrected chi connectivity index (χ4v) is 3.74. The average molecular weight is 450 g/mol. The number of furan rings is 1. The molecule has 1 N–H and O–H groups in total. The Labute approximate surface area is 192 Å². The van der Waals surface area contributed by atoms with Crippen molar-refractivity contribution in [2.75, 3.05) is 6.54 Å². The summed E-state index contributed by atoms with van der Waals surface area (Å²) in [6.07, 6.45) is 1.77. The predicted molar refractivity (Wildman–Crippen MR) is 124 cm³/mol. The minimum absolute atomic E-state index is 0.132. The highest BCUT2D eigenvalue weighted by Gasteiger charge is 2.24. The van der Waals surface area contributed by atoms with Crippen LogP contribution in [0, 0.1) is 5.82 Å². The van der Waals surface area contributed by atoms with Crippen molar-refractivity contribution < 1.29 is 18.7 Å². The van der Waals surface area contributed by atoms with Gasteiger partial charge in [0.25, 0.3) is 0 Å². The highest BCUT2D eigenvalue weighted by Crippen LogP contribution is 2.35. The molecule has 0 radical (unpaired) electrons. The largest absolute Gasteiger partial charge is 0.468 e. The molecule has 4 rings (SSSR count). The maximum atomic E-state index is 14.4. The summed E-state index contributed by atoms with van der Waals surface area (Å²) < 4.78 is 27.6. The van der Waals surface area contributed by atoms with Gasteiger partial charge in [-0.05, 0) is 30.7 Å². The zero-order valence-corrected chi connectivity index (χ0v) is 18.8. The van der Waals surface area contributed by atoms with Crippen LogP contribution >= 0.6 is 0 Å². The second-order valence-electron chi connectivity index (χ2n) is 7.97. The van der Waals surface area contributed by atoms with Crippen molar-refractivity contribution in [2.45, 2.75) is 32.5 Å². The monoisotopic (exact) mass is 449 g/mol. The summed E-state index contributed by atoms with van der Waals surface area (Å²) in [7, 11) is 1.78. The van der Waals surface area contributed by atoms with Crippen LogP contribution in [0.5, 0.6) is 11.6 Å². The minimum atomic E-state index is -0.493. The van der Waals surface area contributed by atoms with Crippen molar-refractivity contribution in [2.24, 2.45) is 7.05 Å². The SMILES string of the molecule is CC[C@@H](O)CN(Cc1ccco1)Cc1c(-c2ccccc2)nn(C)c1Oc1ccccc1F. The van der Waals surface area contributed by atoms with E-state index in [1.54, 1.807) is 36.2 Å². The van der Waals surface area contributed by atoms with Crippen LogP contribution < -0.4 is 4.74 Å². The third kappa shape index (κ3) is 5.50. The van der Waals surface area contributed by atoms with E-state index < -0.39 is 11.9 Å². The van der Waals surface area contributed by atoms with E-state index in [2.05, 4.69) is 4.90 Å². The third-order valence-electron chi connectivity index (χ3n) is 5.46. The molecule has 0 saturated carbocycles. The van der Waals surface area contributed by atoms with Gasteiger partial charge in [-0.2, -0.15) is 5.10 Å². The molecule has 2 heterocycles. The Morgan fingerprint density at radius 1 is 1.06 bits per heavy atom. The summed E-state index contributed by atoms with van der Waals surface area (Å²) in [6.45, 7) is 3.33. The van der Waals surface area contributed by atoms with Gasteiger partial charge in [0, 0.05) is 25.7 Å². The van der Waals surface area contributed by atoms with Gasteiger partial charge in [0.1, 0.15) is 11.5 Å². The number of hydrogen-bond donors (Lipinski definition) is 1. The van der Waals surface area contributed by atoms with Gasteiger partial charge >= 0.3 is 0 Å². The fraction of sp³-hybridized carbons (Fsp3) is 0.269. The van der Waals surface area contributed by atoms with Gasteiger partial charge in [-0.1, -0.05) is 49.4 Å². The summed E-state index contributed by atoms with van der Waals surface area (Å²) >= 11 is 0. The molecule has 0 aliphatic rings. The number of nitrogens with zero attached hydrogens (tertiary/aromatic N) is 3. The molecule has 2 aromatic carbocycles. The van der Waals surface area contributed by atoms with Crippen LogP contribution in [-0.2, 0) is 20.1 Å². The van der Waals surface area contributed by atoms with E-state index in [1.165, 1.54) is 6.07 Å². The Morgan fingerprint density at radius 2 is 1.82 bits per heavy atom. The summed E-state index contributed by atoms with van der Waals surface area (Å²) in [5.74, 6) is 0.932. The molecule has 172 valence electrons. The van der Waals surface area contributed by atoms with E-state index in [9.17, 15) is 9.50 Å². The van der Waals surface area contributed by atoms with E-state index in [0.29, 0.717) is 31.9 Å². The third-order valence-corrected chi connectivity index (χ3v) is 5.46. The predicted octanol–water partition coefficient (Wildman–Crippen LogP) is 5.38. The number of aliphatic hydroxyl groups excluding tert-OH is 1. The van der Waals surface area contributed by atoms with Crippen molar-refractivity contribution in [1.82, 2.24) is 14.7 Å². The van der Waals surface area contributed by atoms with Crippen LogP contribution in [0.3, 0.4) is 0 Å². The topological polar surface area (TPSA) is 63.7 Å². The van der Waals surface area contributed by atoms with Gasteiger partial charge in [-0.25, -0.2) is 9.07 Å². The van der Waals surface area contributed by atoms with Crippen LogP contribution in [0.4, 0.5) is 4.39 Å². The zero-order valence-electron chi connectivity index (χ0n) is 18.8. The molecule has 4 aromatic rings. The molecule has 0 aliphatic carbocycles. The Kier molecular flexibility index (Phi) is 7.22. The highest BCUT2D eigenvalue weighted by atomic mass is 19.1. The molecule has 1 atom stereocenters. The molecule has 0 unspecified atom stereocenters. The van der Waals surface area contributed by atoms with Gasteiger partial charge in [0.2, 0.25) is 5.88 Å². The average Bonchev–Trinajstić information content (AvgIpc) is 3.44. The molecule has 33 heavy (non-hydrogen) atoms. The normalized spacial score (nSPS) is 12.3. The first-order valence-corrected chi connectivity index (χ1v) is 11.0. The first-order valence-electron chi connectivity index (χ1n) is 11.0. The van der Waals surface area contributed by atoms with E-state index in [1.807, 2.05) is 49.4 Å².